The summed E-state index contributed by atoms with van der Waals surface area (Å²) < 4.78 is 32.9. The summed E-state index contributed by atoms with van der Waals surface area (Å²) in [6.07, 6.45) is 2.82. The summed E-state index contributed by atoms with van der Waals surface area (Å²) in [5.41, 5.74) is 8.52. The lowest BCUT2D eigenvalue weighted by Gasteiger charge is -2.38. The molecule has 0 radical (unpaired) electrons. The molecule has 0 aromatic heterocycles. The summed E-state index contributed by atoms with van der Waals surface area (Å²) >= 11 is 0. The van der Waals surface area contributed by atoms with Gasteiger partial charge in [0.25, 0.3) is 5.91 Å². The number of halogens is 2. The van der Waals surface area contributed by atoms with E-state index >= 15 is 0 Å². The van der Waals surface area contributed by atoms with Crippen LogP contribution >= 0.6 is 0 Å². The average molecular weight is 494 g/mol. The number of amides is 2. The highest BCUT2D eigenvalue weighted by molar-refractivity contribution is 5.94. The Bertz CT molecular complexity index is 1170. The third kappa shape index (κ3) is 6.66. The molecule has 1 aliphatic rings. The minimum atomic E-state index is -0.805. The van der Waals surface area contributed by atoms with E-state index in [9.17, 15) is 18.4 Å². The zero-order valence-corrected chi connectivity index (χ0v) is 19.8. The van der Waals surface area contributed by atoms with E-state index in [2.05, 4.69) is 5.32 Å². The van der Waals surface area contributed by atoms with Gasteiger partial charge < -0.3 is 15.4 Å². The van der Waals surface area contributed by atoms with E-state index in [4.69, 9.17) is 10.5 Å². The Labute approximate surface area is 209 Å². The van der Waals surface area contributed by atoms with Crippen LogP contribution in [0.1, 0.15) is 47.2 Å². The van der Waals surface area contributed by atoms with Gasteiger partial charge in [0.1, 0.15) is 18.2 Å². The number of nitrogens with one attached hydrogen (secondary N) is 1. The maximum absolute atomic E-state index is 13.8. The zero-order valence-electron chi connectivity index (χ0n) is 19.8. The summed E-state index contributed by atoms with van der Waals surface area (Å²) in [6.45, 7) is 0.373. The Hall–Kier alpha value is -3.78. The zero-order chi connectivity index (χ0) is 25.5. The minimum absolute atomic E-state index is 0.0512. The van der Waals surface area contributed by atoms with Gasteiger partial charge in [-0.1, -0.05) is 55.3 Å². The molecule has 8 heteroatoms. The van der Waals surface area contributed by atoms with Crippen molar-refractivity contribution in [2.75, 3.05) is 5.32 Å². The SMILES string of the molecule is NC1CCCCC1N(Cc1ccc(NC(=O)OCc2ccccc2)cc1)C(=O)c1cc(F)cc(F)c1. The Morgan fingerprint density at radius 3 is 2.25 bits per heavy atom. The molecule has 2 amide bonds. The van der Waals surface area contributed by atoms with Crippen LogP contribution in [-0.4, -0.2) is 29.0 Å². The molecule has 0 heterocycles. The number of hydrogen-bond donors (Lipinski definition) is 2. The van der Waals surface area contributed by atoms with Gasteiger partial charge in [0.05, 0.1) is 0 Å². The number of anilines is 1. The topological polar surface area (TPSA) is 84.7 Å². The van der Waals surface area contributed by atoms with E-state index in [1.165, 1.54) is 0 Å². The van der Waals surface area contributed by atoms with Gasteiger partial charge in [-0.15, -0.1) is 0 Å². The molecule has 0 spiro atoms. The highest BCUT2D eigenvalue weighted by atomic mass is 19.1. The second-order valence-electron chi connectivity index (χ2n) is 8.99. The van der Waals surface area contributed by atoms with Crippen LogP contribution in [0.4, 0.5) is 19.3 Å². The first-order valence-corrected chi connectivity index (χ1v) is 12.0. The first-order chi connectivity index (χ1) is 17.4. The van der Waals surface area contributed by atoms with Gasteiger partial charge in [-0.2, -0.15) is 0 Å². The molecule has 6 nitrogen and oxygen atoms in total. The number of nitrogens with zero attached hydrogens (tertiary/aromatic N) is 1. The van der Waals surface area contributed by atoms with E-state index in [1.54, 1.807) is 29.2 Å². The largest absolute Gasteiger partial charge is 0.444 e. The molecule has 3 N–H and O–H groups in total. The fourth-order valence-corrected chi connectivity index (χ4v) is 4.48. The van der Waals surface area contributed by atoms with Crippen molar-refractivity contribution < 1.29 is 23.1 Å². The van der Waals surface area contributed by atoms with Crippen LogP contribution in [-0.2, 0) is 17.9 Å². The lowest BCUT2D eigenvalue weighted by atomic mass is 9.89. The van der Waals surface area contributed by atoms with Gasteiger partial charge in [0.2, 0.25) is 0 Å². The molecule has 0 saturated heterocycles. The third-order valence-corrected chi connectivity index (χ3v) is 6.32. The lowest BCUT2D eigenvalue weighted by molar-refractivity contribution is 0.0582. The van der Waals surface area contributed by atoms with Crippen LogP contribution in [0.25, 0.3) is 0 Å². The average Bonchev–Trinajstić information content (AvgIpc) is 2.87. The minimum Gasteiger partial charge on any atom is -0.444 e. The van der Waals surface area contributed by atoms with Crippen molar-refractivity contribution in [2.45, 2.75) is 50.9 Å². The number of carbonyl (C=O) groups is 2. The van der Waals surface area contributed by atoms with Gasteiger partial charge in [-0.3, -0.25) is 10.1 Å². The first kappa shape index (κ1) is 25.3. The normalized spacial score (nSPS) is 17.3. The summed E-state index contributed by atoms with van der Waals surface area (Å²) in [5, 5.41) is 2.68. The van der Waals surface area contributed by atoms with Gasteiger partial charge in [-0.25, -0.2) is 13.6 Å². The molecule has 36 heavy (non-hydrogen) atoms. The van der Waals surface area contributed by atoms with Gasteiger partial charge in [0.15, 0.2) is 0 Å². The highest BCUT2D eigenvalue weighted by Crippen LogP contribution is 2.26. The van der Waals surface area contributed by atoms with E-state index in [-0.39, 0.29) is 30.8 Å². The molecule has 3 aromatic carbocycles. The van der Waals surface area contributed by atoms with E-state index in [0.717, 1.165) is 55.0 Å². The lowest BCUT2D eigenvalue weighted by Crippen LogP contribution is -2.51. The molecule has 2 unspecified atom stereocenters. The molecule has 2 atom stereocenters. The van der Waals surface area contributed by atoms with Crippen LogP contribution in [0, 0.1) is 11.6 Å². The van der Waals surface area contributed by atoms with Crippen molar-refractivity contribution >= 4 is 17.7 Å². The standard InChI is InChI=1S/C28H29F2N3O3/c29-22-14-21(15-23(30)16-22)27(34)33(26-9-5-4-8-25(26)31)17-19-10-12-24(13-11-19)32-28(35)36-18-20-6-2-1-3-7-20/h1-3,6-7,10-16,25-26H,4-5,8-9,17-18,31H2,(H,32,35). The number of ether oxygens (including phenoxy) is 1. The van der Waals surface area contributed by atoms with Crippen LogP contribution in [0.5, 0.6) is 0 Å². The Kier molecular flexibility index (Phi) is 8.28. The molecule has 4 rings (SSSR count). The second kappa shape index (κ2) is 11.8. The molecule has 1 aliphatic carbocycles. The number of hydrogen-bond acceptors (Lipinski definition) is 4. The van der Waals surface area contributed by atoms with E-state index in [0.29, 0.717) is 5.69 Å². The molecule has 0 aliphatic heterocycles. The molecular weight excluding hydrogens is 464 g/mol. The monoisotopic (exact) mass is 493 g/mol. The van der Waals surface area contributed by atoms with E-state index < -0.39 is 23.6 Å². The molecule has 1 saturated carbocycles. The van der Waals surface area contributed by atoms with Crippen molar-refractivity contribution in [1.82, 2.24) is 4.90 Å². The molecular formula is C28H29F2N3O3. The molecule has 0 bridgehead atoms. The van der Waals surface area contributed by atoms with Gasteiger partial charge >= 0.3 is 6.09 Å². The van der Waals surface area contributed by atoms with Gasteiger partial charge in [0, 0.05) is 35.9 Å². The second-order valence-corrected chi connectivity index (χ2v) is 8.99. The quantitative estimate of drug-likeness (QED) is 0.447. The molecule has 188 valence electrons. The number of nitrogens with two attached hydrogens (primary N) is 1. The summed E-state index contributed by atoms with van der Waals surface area (Å²) in [7, 11) is 0. The summed E-state index contributed by atoms with van der Waals surface area (Å²) in [6, 6.07) is 18.7. The van der Waals surface area contributed by atoms with Crippen LogP contribution in [0.2, 0.25) is 0 Å². The van der Waals surface area contributed by atoms with Crippen LogP contribution in [0.3, 0.4) is 0 Å². The van der Waals surface area contributed by atoms with Crippen molar-refractivity contribution in [3.63, 3.8) is 0 Å². The fraction of sp³-hybridized carbons (Fsp3) is 0.286. The molecule has 3 aromatic rings. The number of carbonyl (C=O) groups excluding carboxylic acids is 2. The smallest absolute Gasteiger partial charge is 0.411 e. The van der Waals surface area contributed by atoms with Crippen LogP contribution < -0.4 is 11.1 Å². The van der Waals surface area contributed by atoms with Crippen molar-refractivity contribution in [3.05, 3.63) is 101 Å². The molecule has 1 fully saturated rings. The predicted molar refractivity (Wildman–Crippen MR) is 133 cm³/mol. The Balaban J connectivity index is 1.45. The first-order valence-electron chi connectivity index (χ1n) is 12.0. The van der Waals surface area contributed by atoms with Crippen molar-refractivity contribution in [1.29, 1.82) is 0 Å². The highest BCUT2D eigenvalue weighted by Gasteiger charge is 2.32. The van der Waals surface area contributed by atoms with Crippen molar-refractivity contribution in [2.24, 2.45) is 5.73 Å². The summed E-state index contributed by atoms with van der Waals surface area (Å²) in [5.74, 6) is -2.08. The predicted octanol–water partition coefficient (Wildman–Crippen LogP) is 5.63. The summed E-state index contributed by atoms with van der Waals surface area (Å²) in [4.78, 5) is 27.1. The Morgan fingerprint density at radius 2 is 1.58 bits per heavy atom. The fourth-order valence-electron chi connectivity index (χ4n) is 4.48. The van der Waals surface area contributed by atoms with Crippen molar-refractivity contribution in [3.8, 4) is 0 Å². The Morgan fingerprint density at radius 1 is 0.917 bits per heavy atom. The maximum atomic E-state index is 13.8. The maximum Gasteiger partial charge on any atom is 0.411 e. The third-order valence-electron chi connectivity index (χ3n) is 6.32. The van der Waals surface area contributed by atoms with Crippen LogP contribution in [0.15, 0.2) is 72.8 Å². The number of rotatable bonds is 7. The number of benzene rings is 3. The van der Waals surface area contributed by atoms with Gasteiger partial charge in [-0.05, 0) is 48.2 Å². The van der Waals surface area contributed by atoms with E-state index in [1.807, 2.05) is 30.3 Å².